The molecule has 0 bridgehead atoms. The van der Waals surface area contributed by atoms with E-state index in [9.17, 15) is 10.1 Å². The van der Waals surface area contributed by atoms with Crippen LogP contribution < -0.4 is 20.8 Å². The third-order valence-corrected chi connectivity index (χ3v) is 3.88. The molecule has 6 nitrogen and oxygen atoms in total. The number of ether oxygens (including phenoxy) is 2. The molecular weight excluding hydrogens is 306 g/mol. The molecule has 1 aromatic heterocycles. The minimum Gasteiger partial charge on any atom is -0.494 e. The van der Waals surface area contributed by atoms with Gasteiger partial charge in [-0.25, -0.2) is 0 Å². The lowest BCUT2D eigenvalue weighted by molar-refractivity contribution is 0.340. The van der Waals surface area contributed by atoms with Crippen LogP contribution in [0.1, 0.15) is 29.7 Å². The van der Waals surface area contributed by atoms with Crippen LogP contribution >= 0.6 is 0 Å². The van der Waals surface area contributed by atoms with Crippen molar-refractivity contribution in [1.82, 2.24) is 4.98 Å². The standard InChI is InChI=1S/C18H17N3O3/c1-3-23-12-6-4-11(5-7-12)15-13(9-19)17(20)24-14-8-10(2)21-18(22)16(14)15/h4-8,15H,3,20H2,1-2H3,(H,21,22)/t15-/m0/s1. The summed E-state index contributed by atoms with van der Waals surface area (Å²) in [5, 5.41) is 9.50. The predicted octanol–water partition coefficient (Wildman–Crippen LogP) is 2.30. The maximum atomic E-state index is 12.5. The summed E-state index contributed by atoms with van der Waals surface area (Å²) in [5.74, 6) is 0.557. The van der Waals surface area contributed by atoms with E-state index in [4.69, 9.17) is 15.2 Å². The van der Waals surface area contributed by atoms with Crippen molar-refractivity contribution in [2.45, 2.75) is 19.8 Å². The Kier molecular flexibility index (Phi) is 4.00. The first-order chi connectivity index (χ1) is 11.5. The second kappa shape index (κ2) is 6.13. The molecule has 1 aromatic carbocycles. The zero-order valence-electron chi connectivity index (χ0n) is 13.4. The van der Waals surface area contributed by atoms with Gasteiger partial charge in [0.1, 0.15) is 23.1 Å². The van der Waals surface area contributed by atoms with Gasteiger partial charge in [-0.1, -0.05) is 12.1 Å². The van der Waals surface area contributed by atoms with Crippen molar-refractivity contribution < 1.29 is 9.47 Å². The molecule has 0 saturated heterocycles. The zero-order valence-corrected chi connectivity index (χ0v) is 13.4. The van der Waals surface area contributed by atoms with Gasteiger partial charge in [-0.05, 0) is 31.5 Å². The fourth-order valence-corrected chi connectivity index (χ4v) is 2.86. The number of fused-ring (bicyclic) bond motifs is 1. The van der Waals surface area contributed by atoms with Crippen LogP contribution in [0.15, 0.2) is 46.6 Å². The Morgan fingerprint density at radius 3 is 2.71 bits per heavy atom. The second-order valence-electron chi connectivity index (χ2n) is 5.49. The lowest BCUT2D eigenvalue weighted by Crippen LogP contribution is -2.28. The number of allylic oxidation sites excluding steroid dienone is 1. The van der Waals surface area contributed by atoms with E-state index in [0.717, 1.165) is 11.3 Å². The van der Waals surface area contributed by atoms with Gasteiger partial charge < -0.3 is 20.2 Å². The van der Waals surface area contributed by atoms with Crippen molar-refractivity contribution >= 4 is 0 Å². The predicted molar refractivity (Wildman–Crippen MR) is 88.7 cm³/mol. The molecule has 3 N–H and O–H groups in total. The third kappa shape index (κ3) is 2.61. The summed E-state index contributed by atoms with van der Waals surface area (Å²) in [6.07, 6.45) is 0. The van der Waals surface area contributed by atoms with Gasteiger partial charge in [0.15, 0.2) is 0 Å². The molecule has 1 aliphatic rings. The van der Waals surface area contributed by atoms with Gasteiger partial charge in [-0.2, -0.15) is 5.26 Å². The Bertz CT molecular complexity index is 905. The average molecular weight is 323 g/mol. The molecule has 122 valence electrons. The van der Waals surface area contributed by atoms with Gasteiger partial charge in [0.05, 0.1) is 18.1 Å². The number of benzene rings is 1. The highest BCUT2D eigenvalue weighted by Gasteiger charge is 2.33. The van der Waals surface area contributed by atoms with E-state index < -0.39 is 5.92 Å². The van der Waals surface area contributed by atoms with E-state index in [1.165, 1.54) is 0 Å². The first kappa shape index (κ1) is 15.7. The van der Waals surface area contributed by atoms with Crippen LogP contribution in [0.3, 0.4) is 0 Å². The van der Waals surface area contributed by atoms with Crippen LogP contribution in [0.2, 0.25) is 0 Å². The summed E-state index contributed by atoms with van der Waals surface area (Å²) in [6.45, 7) is 4.23. The summed E-state index contributed by atoms with van der Waals surface area (Å²) in [7, 11) is 0. The smallest absolute Gasteiger partial charge is 0.256 e. The Morgan fingerprint density at radius 1 is 1.38 bits per heavy atom. The van der Waals surface area contributed by atoms with Gasteiger partial charge in [0.25, 0.3) is 5.56 Å². The molecule has 6 heteroatoms. The van der Waals surface area contributed by atoms with Gasteiger partial charge in [-0.15, -0.1) is 0 Å². The van der Waals surface area contributed by atoms with Crippen LogP contribution in [-0.4, -0.2) is 11.6 Å². The molecular formula is C18H17N3O3. The normalized spacial score (nSPS) is 16.1. The van der Waals surface area contributed by atoms with Crippen LogP contribution in [0.4, 0.5) is 0 Å². The van der Waals surface area contributed by atoms with Crippen molar-refractivity contribution in [3.05, 3.63) is 69.0 Å². The highest BCUT2D eigenvalue weighted by molar-refractivity contribution is 5.55. The van der Waals surface area contributed by atoms with Crippen LogP contribution in [0, 0.1) is 18.3 Å². The van der Waals surface area contributed by atoms with Gasteiger partial charge in [0.2, 0.25) is 5.88 Å². The molecule has 1 aliphatic heterocycles. The van der Waals surface area contributed by atoms with E-state index in [1.54, 1.807) is 13.0 Å². The lowest BCUT2D eigenvalue weighted by Gasteiger charge is -2.25. The Morgan fingerprint density at radius 2 is 2.08 bits per heavy atom. The van der Waals surface area contributed by atoms with Crippen molar-refractivity contribution in [2.75, 3.05) is 6.61 Å². The number of nitrogens with zero attached hydrogens (tertiary/aromatic N) is 1. The summed E-state index contributed by atoms with van der Waals surface area (Å²) >= 11 is 0. The number of hydrogen-bond donors (Lipinski definition) is 2. The first-order valence-electron chi connectivity index (χ1n) is 7.59. The minimum absolute atomic E-state index is 0.0221. The maximum absolute atomic E-state index is 12.5. The highest BCUT2D eigenvalue weighted by Crippen LogP contribution is 2.40. The Balaban J connectivity index is 2.18. The molecule has 0 saturated carbocycles. The van der Waals surface area contributed by atoms with Gasteiger partial charge >= 0.3 is 0 Å². The average Bonchev–Trinajstić information content (AvgIpc) is 2.54. The van der Waals surface area contributed by atoms with Crippen LogP contribution in [-0.2, 0) is 0 Å². The molecule has 24 heavy (non-hydrogen) atoms. The number of H-pyrrole nitrogens is 1. The fraction of sp³-hybridized carbons (Fsp3) is 0.222. The van der Waals surface area contributed by atoms with Crippen molar-refractivity contribution in [3.63, 3.8) is 0 Å². The van der Waals surface area contributed by atoms with E-state index >= 15 is 0 Å². The number of nitrogens with one attached hydrogen (secondary N) is 1. The van der Waals surface area contributed by atoms with Crippen LogP contribution in [0.25, 0.3) is 0 Å². The van der Waals surface area contributed by atoms with Crippen molar-refractivity contribution in [3.8, 4) is 17.6 Å². The second-order valence-corrected chi connectivity index (χ2v) is 5.49. The summed E-state index contributed by atoms with van der Waals surface area (Å²) in [4.78, 5) is 15.2. The van der Waals surface area contributed by atoms with Crippen LogP contribution in [0.5, 0.6) is 11.5 Å². The molecule has 0 spiro atoms. The number of aryl methyl sites for hydroxylation is 1. The third-order valence-electron chi connectivity index (χ3n) is 3.88. The minimum atomic E-state index is -0.571. The number of aromatic nitrogens is 1. The first-order valence-corrected chi connectivity index (χ1v) is 7.59. The maximum Gasteiger partial charge on any atom is 0.256 e. The summed E-state index contributed by atoms with van der Waals surface area (Å²) in [6, 6.07) is 11.0. The molecule has 2 aromatic rings. The number of rotatable bonds is 3. The topological polar surface area (TPSA) is 101 Å². The highest BCUT2D eigenvalue weighted by atomic mass is 16.5. The molecule has 1 atom stereocenters. The largest absolute Gasteiger partial charge is 0.494 e. The zero-order chi connectivity index (χ0) is 17.3. The number of aromatic amines is 1. The Labute approximate surface area is 139 Å². The SMILES string of the molecule is CCOc1ccc([C@H]2C(C#N)=C(N)Oc3cc(C)[nH]c(=O)c32)cc1. The summed E-state index contributed by atoms with van der Waals surface area (Å²) < 4.78 is 10.9. The molecule has 0 radical (unpaired) electrons. The quantitative estimate of drug-likeness (QED) is 0.902. The van der Waals surface area contributed by atoms with Crippen molar-refractivity contribution in [1.29, 1.82) is 5.26 Å². The molecule has 0 fully saturated rings. The Hall–Kier alpha value is -3.20. The molecule has 0 unspecified atom stereocenters. The molecule has 0 aliphatic carbocycles. The number of hydrogen-bond acceptors (Lipinski definition) is 5. The molecule has 3 rings (SSSR count). The molecule has 2 heterocycles. The van der Waals surface area contributed by atoms with E-state index in [0.29, 0.717) is 23.6 Å². The lowest BCUT2D eigenvalue weighted by atomic mass is 9.84. The van der Waals surface area contributed by atoms with Crippen molar-refractivity contribution in [2.24, 2.45) is 5.73 Å². The van der Waals surface area contributed by atoms with E-state index in [-0.39, 0.29) is 17.0 Å². The fourth-order valence-electron chi connectivity index (χ4n) is 2.86. The van der Waals surface area contributed by atoms with E-state index in [1.807, 2.05) is 31.2 Å². The number of pyridine rings is 1. The number of nitrogens with two attached hydrogens (primary N) is 1. The van der Waals surface area contributed by atoms with Gasteiger partial charge in [-0.3, -0.25) is 4.79 Å². The monoisotopic (exact) mass is 323 g/mol. The van der Waals surface area contributed by atoms with E-state index in [2.05, 4.69) is 11.1 Å². The number of nitriles is 1. The molecule has 0 amide bonds. The summed E-state index contributed by atoms with van der Waals surface area (Å²) in [5.41, 5.74) is 7.67. The van der Waals surface area contributed by atoms with Gasteiger partial charge in [0, 0.05) is 11.8 Å².